The van der Waals surface area contributed by atoms with Crippen LogP contribution in [0.1, 0.15) is 26.3 Å². The summed E-state index contributed by atoms with van der Waals surface area (Å²) >= 11 is 0. The van der Waals surface area contributed by atoms with Crippen molar-refractivity contribution < 1.29 is 51.7 Å². The lowest BCUT2D eigenvalue weighted by atomic mass is 9.91. The molecular formula is C21H31NO11S. The molecule has 1 aliphatic rings. The van der Waals surface area contributed by atoms with Gasteiger partial charge in [-0.25, -0.2) is 9.59 Å². The molecule has 1 heterocycles. The standard InChI is InChI=1S/C21H31NO11S/c1-11-6-8-12(9-7-11)34(28,29)31-10-13-15(23)16(24)17(25)18(32-13)14(19(26)30-5)22-20(27)33-21(2,3)4/h6-9,13-18,23-25H,10H2,1-5H3,(H,22,27)/t13?,14?,15-,16+,17?,18+/m1/s1. The highest BCUT2D eigenvalue weighted by molar-refractivity contribution is 7.86. The van der Waals surface area contributed by atoms with Crippen molar-refractivity contribution in [1.29, 1.82) is 0 Å². The number of carbonyl (C=O) groups excluding carboxylic acids is 2. The fraction of sp³-hybridized carbons (Fsp3) is 0.619. The Morgan fingerprint density at radius 3 is 2.21 bits per heavy atom. The Labute approximate surface area is 197 Å². The van der Waals surface area contributed by atoms with Crippen LogP contribution in [0, 0.1) is 6.92 Å². The highest BCUT2D eigenvalue weighted by Crippen LogP contribution is 2.26. The first-order valence-electron chi connectivity index (χ1n) is 10.4. The number of hydrogen-bond acceptors (Lipinski definition) is 11. The molecule has 6 atom stereocenters. The second-order valence-corrected chi connectivity index (χ2v) is 10.4. The van der Waals surface area contributed by atoms with E-state index < -0.39 is 71.0 Å². The highest BCUT2D eigenvalue weighted by atomic mass is 32.2. The number of aliphatic hydroxyl groups is 3. The quantitative estimate of drug-likeness (QED) is 0.280. The Morgan fingerprint density at radius 2 is 1.68 bits per heavy atom. The van der Waals surface area contributed by atoms with Crippen molar-refractivity contribution >= 4 is 22.2 Å². The van der Waals surface area contributed by atoms with E-state index in [4.69, 9.17) is 13.7 Å². The van der Waals surface area contributed by atoms with Crippen molar-refractivity contribution in [2.45, 2.75) is 74.8 Å². The van der Waals surface area contributed by atoms with Crippen LogP contribution in [0.25, 0.3) is 0 Å². The first kappa shape index (κ1) is 28.0. The van der Waals surface area contributed by atoms with Crippen molar-refractivity contribution in [3.05, 3.63) is 29.8 Å². The Bertz CT molecular complexity index is 958. The summed E-state index contributed by atoms with van der Waals surface area (Å²) in [4.78, 5) is 24.4. The Hall–Kier alpha value is -2.29. The molecule has 1 saturated heterocycles. The Balaban J connectivity index is 2.21. The minimum absolute atomic E-state index is 0.139. The maximum absolute atomic E-state index is 12.5. The van der Waals surface area contributed by atoms with E-state index in [0.717, 1.165) is 12.7 Å². The number of esters is 1. The number of aryl methyl sites for hydroxylation is 1. The number of aliphatic hydroxyl groups excluding tert-OH is 3. The zero-order valence-electron chi connectivity index (χ0n) is 19.5. The maximum Gasteiger partial charge on any atom is 0.408 e. The van der Waals surface area contributed by atoms with Gasteiger partial charge in [0, 0.05) is 0 Å². The lowest BCUT2D eigenvalue weighted by Crippen LogP contribution is -2.66. The van der Waals surface area contributed by atoms with E-state index in [1.165, 1.54) is 12.1 Å². The second-order valence-electron chi connectivity index (χ2n) is 8.81. The van der Waals surface area contributed by atoms with Crippen LogP contribution in [0.4, 0.5) is 4.79 Å². The molecule has 0 radical (unpaired) electrons. The van der Waals surface area contributed by atoms with Gasteiger partial charge in [-0.15, -0.1) is 0 Å². The van der Waals surface area contributed by atoms with Gasteiger partial charge in [0.25, 0.3) is 10.1 Å². The molecular weight excluding hydrogens is 474 g/mol. The molecule has 1 aromatic rings. The molecule has 0 bridgehead atoms. The number of hydrogen-bond donors (Lipinski definition) is 4. The molecule has 12 nitrogen and oxygen atoms in total. The molecule has 0 aliphatic carbocycles. The maximum atomic E-state index is 12.5. The van der Waals surface area contributed by atoms with Gasteiger partial charge in [0.05, 0.1) is 18.6 Å². The minimum Gasteiger partial charge on any atom is -0.467 e. The molecule has 0 aromatic heterocycles. The highest BCUT2D eigenvalue weighted by Gasteiger charge is 2.50. The summed E-state index contributed by atoms with van der Waals surface area (Å²) in [6, 6.07) is 4.15. The number of rotatable bonds is 7. The summed E-state index contributed by atoms with van der Waals surface area (Å²) in [5, 5.41) is 33.2. The van der Waals surface area contributed by atoms with Gasteiger partial charge < -0.3 is 34.8 Å². The number of nitrogens with one attached hydrogen (secondary N) is 1. The monoisotopic (exact) mass is 505 g/mol. The number of alkyl carbamates (subject to hydrolysis) is 1. The van der Waals surface area contributed by atoms with Crippen LogP contribution in [0.3, 0.4) is 0 Å². The molecule has 2 rings (SSSR count). The van der Waals surface area contributed by atoms with Gasteiger partial charge in [-0.3, -0.25) is 4.18 Å². The summed E-state index contributed by atoms with van der Waals surface area (Å²) in [5.74, 6) is -1.04. The number of amides is 1. The molecule has 0 saturated carbocycles. The van der Waals surface area contributed by atoms with Gasteiger partial charge in [-0.1, -0.05) is 17.7 Å². The van der Waals surface area contributed by atoms with Gasteiger partial charge in [0.2, 0.25) is 0 Å². The summed E-state index contributed by atoms with van der Waals surface area (Å²) in [5.41, 5.74) is -0.0796. The topological polar surface area (TPSA) is 178 Å². The SMILES string of the molecule is COC(=O)C(NC(=O)OC(C)(C)C)[C@@H]1OC(COS(=O)(=O)c2ccc(C)cc2)[C@@H](O)[C@H](O)C1O. The molecule has 13 heteroatoms. The van der Waals surface area contributed by atoms with Crippen molar-refractivity contribution in [2.24, 2.45) is 0 Å². The van der Waals surface area contributed by atoms with Gasteiger partial charge in [0.1, 0.15) is 36.1 Å². The van der Waals surface area contributed by atoms with E-state index in [1.54, 1.807) is 39.8 Å². The average Bonchev–Trinajstić information content (AvgIpc) is 2.74. The zero-order chi connectivity index (χ0) is 25.8. The zero-order valence-corrected chi connectivity index (χ0v) is 20.3. The number of benzene rings is 1. The minimum atomic E-state index is -4.25. The van der Waals surface area contributed by atoms with E-state index in [9.17, 15) is 33.3 Å². The van der Waals surface area contributed by atoms with Crippen molar-refractivity contribution in [3.8, 4) is 0 Å². The van der Waals surface area contributed by atoms with E-state index in [0.29, 0.717) is 0 Å². The van der Waals surface area contributed by atoms with Crippen molar-refractivity contribution in [2.75, 3.05) is 13.7 Å². The van der Waals surface area contributed by atoms with E-state index in [-0.39, 0.29) is 4.90 Å². The molecule has 1 amide bonds. The van der Waals surface area contributed by atoms with Gasteiger partial charge in [0.15, 0.2) is 6.04 Å². The van der Waals surface area contributed by atoms with Crippen LogP contribution >= 0.6 is 0 Å². The first-order chi connectivity index (χ1) is 15.7. The third kappa shape index (κ3) is 7.10. The molecule has 0 spiro atoms. The Kier molecular flexibility index (Phi) is 9.02. The van der Waals surface area contributed by atoms with Gasteiger partial charge >= 0.3 is 12.1 Å². The number of carbonyl (C=O) groups is 2. The fourth-order valence-corrected chi connectivity index (χ4v) is 4.08. The largest absolute Gasteiger partial charge is 0.467 e. The molecule has 34 heavy (non-hydrogen) atoms. The third-order valence-electron chi connectivity index (χ3n) is 4.90. The normalized spacial score (nSPS) is 26.4. The summed E-state index contributed by atoms with van der Waals surface area (Å²) in [6.45, 7) is 5.80. The fourth-order valence-electron chi connectivity index (χ4n) is 3.16. The lowest BCUT2D eigenvalue weighted by molar-refractivity contribution is -0.234. The Morgan fingerprint density at radius 1 is 1.09 bits per heavy atom. The molecule has 1 fully saturated rings. The summed E-state index contributed by atoms with van der Waals surface area (Å²) in [7, 11) is -3.22. The van der Waals surface area contributed by atoms with Gasteiger partial charge in [-0.2, -0.15) is 8.42 Å². The smallest absolute Gasteiger partial charge is 0.408 e. The molecule has 1 aliphatic heterocycles. The van der Waals surface area contributed by atoms with Crippen LogP contribution in [-0.2, 0) is 33.3 Å². The molecule has 192 valence electrons. The first-order valence-corrected chi connectivity index (χ1v) is 11.8. The van der Waals surface area contributed by atoms with Crippen LogP contribution in [-0.4, -0.2) is 91.7 Å². The van der Waals surface area contributed by atoms with E-state index in [2.05, 4.69) is 10.1 Å². The van der Waals surface area contributed by atoms with Crippen molar-refractivity contribution in [1.82, 2.24) is 5.32 Å². The predicted molar refractivity (Wildman–Crippen MR) is 116 cm³/mol. The third-order valence-corrected chi connectivity index (χ3v) is 6.20. The van der Waals surface area contributed by atoms with E-state index >= 15 is 0 Å². The average molecular weight is 506 g/mol. The summed E-state index contributed by atoms with van der Waals surface area (Å²) in [6.07, 6.45) is -9.63. The van der Waals surface area contributed by atoms with Crippen molar-refractivity contribution in [3.63, 3.8) is 0 Å². The van der Waals surface area contributed by atoms with Crippen LogP contribution in [0.15, 0.2) is 29.2 Å². The number of methoxy groups -OCH3 is 1. The lowest BCUT2D eigenvalue weighted by Gasteiger charge is -2.42. The molecule has 1 aromatic carbocycles. The second kappa shape index (κ2) is 11.0. The molecule has 4 N–H and O–H groups in total. The predicted octanol–water partition coefficient (Wildman–Crippen LogP) is -0.383. The molecule has 3 unspecified atom stereocenters. The number of ether oxygens (including phenoxy) is 3. The van der Waals surface area contributed by atoms with Crippen LogP contribution < -0.4 is 5.32 Å². The summed E-state index contributed by atoms with van der Waals surface area (Å²) < 4.78 is 45.2. The van der Waals surface area contributed by atoms with Crippen LogP contribution in [0.5, 0.6) is 0 Å². The van der Waals surface area contributed by atoms with E-state index in [1.807, 2.05) is 0 Å². The van der Waals surface area contributed by atoms with Gasteiger partial charge in [-0.05, 0) is 39.8 Å². The van der Waals surface area contributed by atoms with Crippen LogP contribution in [0.2, 0.25) is 0 Å².